The van der Waals surface area contributed by atoms with Gasteiger partial charge in [0.05, 0.1) is 42.0 Å². The fourth-order valence-corrected chi connectivity index (χ4v) is 4.72. The molecule has 0 amide bonds. The second-order valence-corrected chi connectivity index (χ2v) is 9.75. The van der Waals surface area contributed by atoms with Gasteiger partial charge in [-0.25, -0.2) is 14.5 Å². The summed E-state index contributed by atoms with van der Waals surface area (Å²) in [7, 11) is 1.60. The fourth-order valence-electron chi connectivity index (χ4n) is 4.31. The molecule has 0 saturated heterocycles. The van der Waals surface area contributed by atoms with Crippen molar-refractivity contribution in [3.63, 3.8) is 0 Å². The third kappa shape index (κ3) is 4.06. The van der Waals surface area contributed by atoms with Crippen molar-refractivity contribution >= 4 is 38.7 Å². The van der Waals surface area contributed by atoms with Crippen LogP contribution in [-0.2, 0) is 6.42 Å². The van der Waals surface area contributed by atoms with Crippen molar-refractivity contribution in [2.45, 2.75) is 52.1 Å². The maximum Gasteiger partial charge on any atom is 0.213 e. The highest BCUT2D eigenvalue weighted by molar-refractivity contribution is 9.10. The van der Waals surface area contributed by atoms with E-state index >= 15 is 0 Å². The number of aromatic nitrogens is 3. The average Bonchev–Trinajstić information content (AvgIpc) is 3.27. The predicted molar refractivity (Wildman–Crippen MR) is 132 cm³/mol. The predicted octanol–water partition coefficient (Wildman–Crippen LogP) is 4.03. The molecular formula is C23H30BrN7O. The van der Waals surface area contributed by atoms with Gasteiger partial charge >= 0.3 is 0 Å². The highest BCUT2D eigenvalue weighted by atomic mass is 79.9. The third-order valence-electron chi connectivity index (χ3n) is 6.59. The molecule has 2 unspecified atom stereocenters. The number of hydrogen-bond acceptors (Lipinski definition) is 6. The molecule has 3 heterocycles. The van der Waals surface area contributed by atoms with Crippen LogP contribution in [0.4, 0.5) is 11.4 Å². The van der Waals surface area contributed by atoms with Crippen molar-refractivity contribution in [1.29, 1.82) is 0 Å². The summed E-state index contributed by atoms with van der Waals surface area (Å²) in [5.74, 6) is 0.934. The van der Waals surface area contributed by atoms with E-state index in [-0.39, 0.29) is 17.5 Å². The van der Waals surface area contributed by atoms with Gasteiger partial charge in [0.2, 0.25) is 5.88 Å². The molecule has 1 aliphatic carbocycles. The normalized spacial score (nSPS) is 20.6. The first-order valence-electron chi connectivity index (χ1n) is 10.8. The minimum atomic E-state index is -0.0530. The molecule has 3 aromatic rings. The van der Waals surface area contributed by atoms with Crippen LogP contribution in [0, 0.1) is 5.41 Å². The van der Waals surface area contributed by atoms with E-state index in [1.165, 1.54) is 0 Å². The monoisotopic (exact) mass is 499 g/mol. The Bertz CT molecular complexity index is 1170. The summed E-state index contributed by atoms with van der Waals surface area (Å²) in [5.41, 5.74) is 17.2. The number of ether oxygens (including phenoxy) is 1. The van der Waals surface area contributed by atoms with Crippen LogP contribution in [0.15, 0.2) is 40.2 Å². The van der Waals surface area contributed by atoms with E-state index in [2.05, 4.69) is 52.1 Å². The van der Waals surface area contributed by atoms with Gasteiger partial charge in [0.25, 0.3) is 0 Å². The standard InChI is InChI=1S/C23H30BrN7O/c1-5-13-8-20(32-4)27-11-16(13)29-22(26)15-10-28-31-12-14(24)9-17(31)21(15)30-19-7-6-18(25)23(19,2)3/h8-12,18-19,30H,5-7,25H2,1-4H3,(H2,26,29). The van der Waals surface area contributed by atoms with Gasteiger partial charge in [-0.2, -0.15) is 5.10 Å². The number of anilines is 1. The quantitative estimate of drug-likeness (QED) is 0.348. The van der Waals surface area contributed by atoms with Crippen molar-refractivity contribution in [1.82, 2.24) is 14.6 Å². The van der Waals surface area contributed by atoms with Crippen molar-refractivity contribution in [2.75, 3.05) is 12.4 Å². The van der Waals surface area contributed by atoms with Gasteiger partial charge in [-0.05, 0) is 52.2 Å². The van der Waals surface area contributed by atoms with Crippen LogP contribution < -0.4 is 21.5 Å². The third-order valence-corrected chi connectivity index (χ3v) is 7.02. The van der Waals surface area contributed by atoms with Crippen molar-refractivity contribution in [3.8, 4) is 5.88 Å². The van der Waals surface area contributed by atoms with Crippen LogP contribution in [0.5, 0.6) is 5.88 Å². The van der Waals surface area contributed by atoms with Crippen molar-refractivity contribution in [2.24, 2.45) is 21.9 Å². The number of methoxy groups -OCH3 is 1. The molecule has 0 bridgehead atoms. The summed E-state index contributed by atoms with van der Waals surface area (Å²) in [6.45, 7) is 6.49. The number of hydrogen-bond donors (Lipinski definition) is 3. The highest BCUT2D eigenvalue weighted by Gasteiger charge is 2.41. The summed E-state index contributed by atoms with van der Waals surface area (Å²) in [6, 6.07) is 4.26. The Labute approximate surface area is 196 Å². The molecule has 170 valence electrons. The Kier molecular flexibility index (Phi) is 6.13. The number of aliphatic imine (C=N–C) groups is 1. The van der Waals surface area contributed by atoms with Crippen LogP contribution in [0.3, 0.4) is 0 Å². The first kappa shape index (κ1) is 22.5. The maximum atomic E-state index is 6.55. The van der Waals surface area contributed by atoms with Gasteiger partial charge < -0.3 is 21.5 Å². The number of fused-ring (bicyclic) bond motifs is 1. The van der Waals surface area contributed by atoms with Crippen LogP contribution in [0.25, 0.3) is 5.52 Å². The Hall–Kier alpha value is -2.65. The number of halogens is 1. The lowest BCUT2D eigenvalue weighted by Gasteiger charge is -2.32. The summed E-state index contributed by atoms with van der Waals surface area (Å²) in [6.07, 6.45) is 8.12. The zero-order valence-corrected chi connectivity index (χ0v) is 20.5. The van der Waals surface area contributed by atoms with Crippen molar-refractivity contribution in [3.05, 3.63) is 46.3 Å². The Morgan fingerprint density at radius 1 is 1.34 bits per heavy atom. The van der Waals surface area contributed by atoms with Gasteiger partial charge in [0.15, 0.2) is 0 Å². The molecule has 1 aliphatic rings. The molecule has 1 fully saturated rings. The number of rotatable bonds is 6. The first-order valence-corrected chi connectivity index (χ1v) is 11.6. The second kappa shape index (κ2) is 8.71. The Morgan fingerprint density at radius 2 is 2.12 bits per heavy atom. The number of pyridine rings is 1. The summed E-state index contributed by atoms with van der Waals surface area (Å²) >= 11 is 3.56. The first-order chi connectivity index (χ1) is 15.2. The molecular weight excluding hydrogens is 470 g/mol. The van der Waals surface area contributed by atoms with Gasteiger partial charge in [-0.15, -0.1) is 0 Å². The molecule has 0 aliphatic heterocycles. The number of nitrogens with one attached hydrogen (secondary N) is 1. The summed E-state index contributed by atoms with van der Waals surface area (Å²) in [4.78, 5) is 9.02. The van der Waals surface area contributed by atoms with Crippen LogP contribution >= 0.6 is 15.9 Å². The van der Waals surface area contributed by atoms with Gasteiger partial charge in [-0.1, -0.05) is 20.8 Å². The molecule has 2 atom stereocenters. The largest absolute Gasteiger partial charge is 0.481 e. The lowest BCUT2D eigenvalue weighted by molar-refractivity contribution is 0.308. The number of nitrogens with zero attached hydrogens (tertiary/aromatic N) is 4. The molecule has 3 aromatic heterocycles. The van der Waals surface area contributed by atoms with Gasteiger partial charge in [0.1, 0.15) is 5.84 Å². The molecule has 5 N–H and O–H groups in total. The molecule has 0 aromatic carbocycles. The smallest absolute Gasteiger partial charge is 0.213 e. The molecule has 0 spiro atoms. The maximum absolute atomic E-state index is 6.55. The zero-order valence-electron chi connectivity index (χ0n) is 18.9. The van der Waals surface area contributed by atoms with E-state index < -0.39 is 0 Å². The van der Waals surface area contributed by atoms with Crippen molar-refractivity contribution < 1.29 is 4.74 Å². The minimum Gasteiger partial charge on any atom is -0.481 e. The molecule has 1 saturated carbocycles. The molecule has 32 heavy (non-hydrogen) atoms. The lowest BCUT2D eigenvalue weighted by atomic mass is 9.84. The molecule has 4 rings (SSSR count). The van der Waals surface area contributed by atoms with Gasteiger partial charge in [0, 0.05) is 28.8 Å². The van der Waals surface area contributed by atoms with E-state index in [1.54, 1.807) is 19.5 Å². The Balaban J connectivity index is 1.80. The molecule has 8 nitrogen and oxygen atoms in total. The molecule has 9 heteroatoms. The highest BCUT2D eigenvalue weighted by Crippen LogP contribution is 2.40. The van der Waals surface area contributed by atoms with E-state index in [0.717, 1.165) is 51.8 Å². The average molecular weight is 500 g/mol. The Morgan fingerprint density at radius 3 is 2.78 bits per heavy atom. The number of amidine groups is 1. The van der Waals surface area contributed by atoms with E-state index in [4.69, 9.17) is 21.2 Å². The molecule has 0 radical (unpaired) electrons. The second-order valence-electron chi connectivity index (χ2n) is 8.83. The zero-order chi connectivity index (χ0) is 23.0. The minimum absolute atomic E-state index is 0.0530. The van der Waals surface area contributed by atoms with Crippen LogP contribution in [0.2, 0.25) is 0 Å². The van der Waals surface area contributed by atoms with E-state index in [9.17, 15) is 0 Å². The lowest BCUT2D eigenvalue weighted by Crippen LogP contribution is -2.42. The van der Waals surface area contributed by atoms with E-state index in [1.807, 2.05) is 22.8 Å². The van der Waals surface area contributed by atoms with Crippen LogP contribution in [0.1, 0.15) is 44.7 Å². The topological polar surface area (TPSA) is 116 Å². The van der Waals surface area contributed by atoms with Crippen LogP contribution in [-0.4, -0.2) is 39.6 Å². The summed E-state index contributed by atoms with van der Waals surface area (Å²) in [5, 5.41) is 8.29. The van der Waals surface area contributed by atoms with Gasteiger partial charge in [-0.3, -0.25) is 0 Å². The van der Waals surface area contributed by atoms with E-state index in [0.29, 0.717) is 11.7 Å². The SMILES string of the molecule is CCc1cc(OC)ncc1/N=C(\N)c1cnn2cc(Br)cc2c1NC1CCC(N)C1(C)C. The summed E-state index contributed by atoms with van der Waals surface area (Å²) < 4.78 is 8.02. The fraction of sp³-hybridized carbons (Fsp3) is 0.435. The number of aryl methyl sites for hydroxylation is 1. The number of nitrogens with two attached hydrogens (primary N) is 2.